The van der Waals surface area contributed by atoms with E-state index >= 15 is 0 Å². The van der Waals surface area contributed by atoms with Gasteiger partial charge in [-0.05, 0) is 31.2 Å². The Kier molecular flexibility index (Phi) is 6.91. The zero-order valence-electron chi connectivity index (χ0n) is 14.8. The summed E-state index contributed by atoms with van der Waals surface area (Å²) in [6.07, 6.45) is 0. The van der Waals surface area contributed by atoms with Gasteiger partial charge in [-0.15, -0.1) is 0 Å². The standard InChI is InChI=1S/C18H20N2O6S/c1-13(20-27(23,24)16-9-4-3-5-10-16)18(22)26-12-17(21)19-14-7-6-8-15(11-14)25-2/h3-11,13,20H,12H2,1-2H3,(H,19,21). The number of sulfonamides is 1. The van der Waals surface area contributed by atoms with Crippen molar-refractivity contribution in [1.29, 1.82) is 0 Å². The molecule has 0 aliphatic rings. The smallest absolute Gasteiger partial charge is 0.324 e. The maximum Gasteiger partial charge on any atom is 0.324 e. The highest BCUT2D eigenvalue weighted by Gasteiger charge is 2.23. The largest absolute Gasteiger partial charge is 0.497 e. The minimum atomic E-state index is -3.86. The second-order valence-electron chi connectivity index (χ2n) is 5.54. The van der Waals surface area contributed by atoms with E-state index in [2.05, 4.69) is 10.0 Å². The van der Waals surface area contributed by atoms with Crippen LogP contribution >= 0.6 is 0 Å². The van der Waals surface area contributed by atoms with Crippen LogP contribution in [-0.2, 0) is 24.3 Å². The van der Waals surface area contributed by atoms with Gasteiger partial charge in [-0.1, -0.05) is 24.3 Å². The normalized spacial score (nSPS) is 12.1. The molecular weight excluding hydrogens is 372 g/mol. The Hall–Kier alpha value is -2.91. The fraction of sp³-hybridized carbons (Fsp3) is 0.222. The summed E-state index contributed by atoms with van der Waals surface area (Å²) in [5.74, 6) is -0.862. The van der Waals surface area contributed by atoms with Crippen LogP contribution in [0.2, 0.25) is 0 Å². The first-order chi connectivity index (χ1) is 12.8. The molecule has 9 heteroatoms. The molecule has 2 N–H and O–H groups in total. The van der Waals surface area contributed by atoms with Crippen molar-refractivity contribution in [3.05, 3.63) is 54.6 Å². The van der Waals surface area contributed by atoms with Gasteiger partial charge in [0, 0.05) is 11.8 Å². The number of nitrogens with one attached hydrogen (secondary N) is 2. The number of carbonyl (C=O) groups is 2. The van der Waals surface area contributed by atoms with Crippen molar-refractivity contribution in [2.45, 2.75) is 17.9 Å². The summed E-state index contributed by atoms with van der Waals surface area (Å²) in [6, 6.07) is 13.1. The van der Waals surface area contributed by atoms with E-state index in [9.17, 15) is 18.0 Å². The molecule has 1 amide bonds. The summed E-state index contributed by atoms with van der Waals surface area (Å²) >= 11 is 0. The average Bonchev–Trinajstić information content (AvgIpc) is 2.66. The van der Waals surface area contributed by atoms with Gasteiger partial charge in [0.05, 0.1) is 12.0 Å². The number of carbonyl (C=O) groups excluding carboxylic acids is 2. The van der Waals surface area contributed by atoms with Gasteiger partial charge in [-0.3, -0.25) is 9.59 Å². The summed E-state index contributed by atoms with van der Waals surface area (Å²) in [7, 11) is -2.36. The van der Waals surface area contributed by atoms with E-state index in [4.69, 9.17) is 9.47 Å². The van der Waals surface area contributed by atoms with Crippen LogP contribution in [-0.4, -0.2) is 40.1 Å². The fourth-order valence-electron chi connectivity index (χ4n) is 2.11. The Morgan fingerprint density at radius 2 is 1.78 bits per heavy atom. The molecule has 0 aliphatic heterocycles. The van der Waals surface area contributed by atoms with Crippen LogP contribution in [0.5, 0.6) is 5.75 Å². The molecule has 0 bridgehead atoms. The number of ether oxygens (including phenoxy) is 2. The number of anilines is 1. The number of methoxy groups -OCH3 is 1. The van der Waals surface area contributed by atoms with Crippen molar-refractivity contribution >= 4 is 27.6 Å². The third-order valence-electron chi connectivity index (χ3n) is 3.44. The minimum Gasteiger partial charge on any atom is -0.497 e. The van der Waals surface area contributed by atoms with Crippen LogP contribution in [0.25, 0.3) is 0 Å². The average molecular weight is 392 g/mol. The molecule has 1 unspecified atom stereocenters. The summed E-state index contributed by atoms with van der Waals surface area (Å²) in [6.45, 7) is 0.788. The third kappa shape index (κ3) is 6.08. The van der Waals surface area contributed by atoms with E-state index in [1.54, 1.807) is 42.5 Å². The monoisotopic (exact) mass is 392 g/mol. The van der Waals surface area contributed by atoms with Crippen LogP contribution in [0.4, 0.5) is 5.69 Å². The highest BCUT2D eigenvalue weighted by Crippen LogP contribution is 2.16. The topological polar surface area (TPSA) is 111 Å². The number of benzene rings is 2. The van der Waals surface area contributed by atoms with E-state index in [0.29, 0.717) is 11.4 Å². The molecule has 2 aromatic rings. The highest BCUT2D eigenvalue weighted by atomic mass is 32.2. The lowest BCUT2D eigenvalue weighted by Gasteiger charge is -2.14. The Morgan fingerprint density at radius 3 is 2.44 bits per heavy atom. The second kappa shape index (κ2) is 9.15. The Morgan fingerprint density at radius 1 is 1.07 bits per heavy atom. The molecule has 8 nitrogen and oxygen atoms in total. The first kappa shape index (κ1) is 20.4. The molecule has 144 valence electrons. The first-order valence-corrected chi connectivity index (χ1v) is 9.48. The number of esters is 1. The van der Waals surface area contributed by atoms with Gasteiger partial charge in [0.15, 0.2) is 6.61 Å². The van der Waals surface area contributed by atoms with Crippen LogP contribution < -0.4 is 14.8 Å². The van der Waals surface area contributed by atoms with Crippen molar-refractivity contribution < 1.29 is 27.5 Å². The molecule has 0 saturated carbocycles. The highest BCUT2D eigenvalue weighted by molar-refractivity contribution is 7.89. The van der Waals surface area contributed by atoms with E-state index in [1.165, 1.54) is 26.2 Å². The van der Waals surface area contributed by atoms with Crippen molar-refractivity contribution in [2.24, 2.45) is 0 Å². The molecule has 0 aliphatic carbocycles. The Bertz CT molecular complexity index is 899. The molecular formula is C18H20N2O6S. The van der Waals surface area contributed by atoms with Crippen LogP contribution in [0.3, 0.4) is 0 Å². The Balaban J connectivity index is 1.86. The predicted octanol–water partition coefficient (Wildman–Crippen LogP) is 1.54. The van der Waals surface area contributed by atoms with E-state index in [1.807, 2.05) is 0 Å². The van der Waals surface area contributed by atoms with Crippen molar-refractivity contribution in [2.75, 3.05) is 19.0 Å². The molecule has 27 heavy (non-hydrogen) atoms. The van der Waals surface area contributed by atoms with Gasteiger partial charge in [-0.25, -0.2) is 8.42 Å². The van der Waals surface area contributed by atoms with Gasteiger partial charge >= 0.3 is 5.97 Å². The number of rotatable bonds is 8. The molecule has 0 saturated heterocycles. The summed E-state index contributed by atoms with van der Waals surface area (Å²) in [4.78, 5) is 23.9. The van der Waals surface area contributed by atoms with Crippen molar-refractivity contribution in [3.8, 4) is 5.75 Å². The van der Waals surface area contributed by atoms with Gasteiger partial charge in [-0.2, -0.15) is 4.72 Å². The van der Waals surface area contributed by atoms with Gasteiger partial charge < -0.3 is 14.8 Å². The van der Waals surface area contributed by atoms with Gasteiger partial charge in [0.2, 0.25) is 10.0 Å². The fourth-order valence-corrected chi connectivity index (χ4v) is 3.32. The van der Waals surface area contributed by atoms with Crippen LogP contribution in [0, 0.1) is 0 Å². The van der Waals surface area contributed by atoms with Crippen molar-refractivity contribution in [3.63, 3.8) is 0 Å². The lowest BCUT2D eigenvalue weighted by atomic mass is 10.3. The van der Waals surface area contributed by atoms with Gasteiger partial charge in [0.25, 0.3) is 5.91 Å². The third-order valence-corrected chi connectivity index (χ3v) is 4.99. The van der Waals surface area contributed by atoms with Crippen molar-refractivity contribution in [1.82, 2.24) is 4.72 Å². The van der Waals surface area contributed by atoms with Crippen LogP contribution in [0.1, 0.15) is 6.92 Å². The quantitative estimate of drug-likeness (QED) is 0.660. The number of hydrogen-bond acceptors (Lipinski definition) is 6. The SMILES string of the molecule is COc1cccc(NC(=O)COC(=O)C(C)NS(=O)(=O)c2ccccc2)c1. The minimum absolute atomic E-state index is 0.0282. The lowest BCUT2D eigenvalue weighted by Crippen LogP contribution is -2.40. The zero-order valence-corrected chi connectivity index (χ0v) is 15.7. The van der Waals surface area contributed by atoms with Gasteiger partial charge in [0.1, 0.15) is 11.8 Å². The first-order valence-electron chi connectivity index (χ1n) is 8.00. The molecule has 0 spiro atoms. The second-order valence-corrected chi connectivity index (χ2v) is 7.26. The molecule has 0 aromatic heterocycles. The zero-order chi connectivity index (χ0) is 19.9. The Labute approximate surface area is 157 Å². The van der Waals surface area contributed by atoms with E-state index < -0.39 is 34.5 Å². The number of hydrogen-bond donors (Lipinski definition) is 2. The molecule has 2 aromatic carbocycles. The lowest BCUT2D eigenvalue weighted by molar-refractivity contribution is -0.148. The molecule has 2 rings (SSSR count). The van der Waals surface area contributed by atoms with E-state index in [-0.39, 0.29) is 4.90 Å². The van der Waals surface area contributed by atoms with E-state index in [0.717, 1.165) is 0 Å². The molecule has 0 radical (unpaired) electrons. The summed E-state index contributed by atoms with van der Waals surface area (Å²) < 4.78 is 36.5. The molecule has 0 heterocycles. The maximum atomic E-state index is 12.2. The summed E-state index contributed by atoms with van der Waals surface area (Å²) in [5, 5.41) is 2.55. The van der Waals surface area contributed by atoms with Crippen LogP contribution in [0.15, 0.2) is 59.5 Å². The molecule has 1 atom stereocenters. The maximum absolute atomic E-state index is 12.2. The molecule has 0 fully saturated rings. The summed E-state index contributed by atoms with van der Waals surface area (Å²) in [5.41, 5.74) is 0.480. The predicted molar refractivity (Wildman–Crippen MR) is 98.8 cm³/mol. The number of amides is 1.